The van der Waals surface area contributed by atoms with Crippen molar-refractivity contribution in [1.29, 1.82) is 0 Å². The molecule has 0 aliphatic carbocycles. The Labute approximate surface area is 93.5 Å². The van der Waals surface area contributed by atoms with E-state index >= 15 is 0 Å². The van der Waals surface area contributed by atoms with Gasteiger partial charge in [-0.15, -0.1) is 0 Å². The van der Waals surface area contributed by atoms with Crippen molar-refractivity contribution in [3.05, 3.63) is 51.2 Å². The maximum Gasteiger partial charge on any atom is 0.339 e. The smallest absolute Gasteiger partial charge is 0.339 e. The van der Waals surface area contributed by atoms with Gasteiger partial charge in [0.15, 0.2) is 5.58 Å². The third-order valence-electron chi connectivity index (χ3n) is 2.47. The van der Waals surface area contributed by atoms with Crippen LogP contribution < -0.4 is 11.3 Å². The standard InChI is InChI=1S/C12H6O5/c13-7-5-10(15)16-8-3-1-6-2-4-9(14)17-12(6)11(7)8/h1-5,13H. The predicted octanol–water partition coefficient (Wildman–Crippen LogP) is 1.60. The highest BCUT2D eigenvalue weighted by molar-refractivity contribution is 6.04. The summed E-state index contributed by atoms with van der Waals surface area (Å²) >= 11 is 0. The molecule has 0 radical (unpaired) electrons. The molecule has 1 N–H and O–H groups in total. The molecular formula is C12H6O5. The lowest BCUT2D eigenvalue weighted by Gasteiger charge is -2.02. The fraction of sp³-hybridized carbons (Fsp3) is 0. The van der Waals surface area contributed by atoms with Crippen LogP contribution in [0.1, 0.15) is 0 Å². The Balaban J connectivity index is 2.67. The van der Waals surface area contributed by atoms with Crippen molar-refractivity contribution in [1.82, 2.24) is 0 Å². The summed E-state index contributed by atoms with van der Waals surface area (Å²) in [5.41, 5.74) is -0.809. The largest absolute Gasteiger partial charge is 0.507 e. The molecule has 0 fully saturated rings. The van der Waals surface area contributed by atoms with Crippen molar-refractivity contribution < 1.29 is 13.9 Å². The summed E-state index contributed by atoms with van der Waals surface area (Å²) in [6, 6.07) is 6.98. The number of fused-ring (bicyclic) bond motifs is 3. The molecule has 5 heteroatoms. The normalized spacial score (nSPS) is 11.1. The Hall–Kier alpha value is -2.56. The Morgan fingerprint density at radius 2 is 1.71 bits per heavy atom. The Morgan fingerprint density at radius 1 is 0.941 bits per heavy atom. The zero-order valence-electron chi connectivity index (χ0n) is 8.47. The van der Waals surface area contributed by atoms with E-state index in [4.69, 9.17) is 8.83 Å². The van der Waals surface area contributed by atoms with Gasteiger partial charge in [0, 0.05) is 11.5 Å². The molecule has 84 valence electrons. The van der Waals surface area contributed by atoms with Crippen LogP contribution in [0.4, 0.5) is 0 Å². The Bertz CT molecular complexity index is 841. The van der Waals surface area contributed by atoms with E-state index in [2.05, 4.69) is 0 Å². The van der Waals surface area contributed by atoms with Crippen molar-refractivity contribution in [3.63, 3.8) is 0 Å². The van der Waals surface area contributed by atoms with E-state index in [-0.39, 0.29) is 22.3 Å². The molecule has 2 aromatic heterocycles. The number of benzene rings is 1. The molecule has 0 amide bonds. The Kier molecular flexibility index (Phi) is 1.82. The fourth-order valence-corrected chi connectivity index (χ4v) is 1.76. The minimum absolute atomic E-state index is 0.178. The lowest BCUT2D eigenvalue weighted by Crippen LogP contribution is -1.98. The van der Waals surface area contributed by atoms with Gasteiger partial charge in [0.1, 0.15) is 16.7 Å². The maximum atomic E-state index is 11.2. The second-order valence-corrected chi connectivity index (χ2v) is 3.56. The van der Waals surface area contributed by atoms with E-state index in [1.807, 2.05) is 0 Å². The van der Waals surface area contributed by atoms with E-state index in [9.17, 15) is 14.7 Å². The molecule has 17 heavy (non-hydrogen) atoms. The van der Waals surface area contributed by atoms with Crippen molar-refractivity contribution in [3.8, 4) is 5.75 Å². The van der Waals surface area contributed by atoms with Crippen molar-refractivity contribution in [2.75, 3.05) is 0 Å². The third-order valence-corrected chi connectivity index (χ3v) is 2.47. The summed E-state index contributed by atoms with van der Waals surface area (Å²) in [7, 11) is 0. The SMILES string of the molecule is O=c1cc(O)c2c(ccc3ccc(=O)oc32)o1. The van der Waals surface area contributed by atoms with Crippen LogP contribution in [0, 0.1) is 0 Å². The average Bonchev–Trinajstić information content (AvgIpc) is 2.27. The van der Waals surface area contributed by atoms with Crippen LogP contribution in [-0.4, -0.2) is 5.11 Å². The van der Waals surface area contributed by atoms with E-state index in [1.54, 1.807) is 18.2 Å². The van der Waals surface area contributed by atoms with E-state index in [0.717, 1.165) is 6.07 Å². The van der Waals surface area contributed by atoms with Crippen LogP contribution in [0.15, 0.2) is 48.8 Å². The van der Waals surface area contributed by atoms with Crippen LogP contribution in [0.5, 0.6) is 5.75 Å². The maximum absolute atomic E-state index is 11.2. The van der Waals surface area contributed by atoms with Crippen molar-refractivity contribution in [2.45, 2.75) is 0 Å². The summed E-state index contributed by atoms with van der Waals surface area (Å²) in [6.45, 7) is 0. The first-order chi connectivity index (χ1) is 8.15. The van der Waals surface area contributed by atoms with Gasteiger partial charge in [-0.25, -0.2) is 9.59 Å². The zero-order valence-corrected chi connectivity index (χ0v) is 8.47. The first-order valence-corrected chi connectivity index (χ1v) is 4.85. The van der Waals surface area contributed by atoms with E-state index in [1.165, 1.54) is 6.07 Å². The lowest BCUT2D eigenvalue weighted by atomic mass is 10.1. The summed E-state index contributed by atoms with van der Waals surface area (Å²) in [4.78, 5) is 22.3. The molecule has 0 aliphatic heterocycles. The fourth-order valence-electron chi connectivity index (χ4n) is 1.76. The molecule has 0 bridgehead atoms. The molecule has 3 aromatic rings. The zero-order chi connectivity index (χ0) is 12.0. The van der Waals surface area contributed by atoms with Crippen molar-refractivity contribution >= 4 is 21.9 Å². The third kappa shape index (κ3) is 1.40. The molecule has 5 nitrogen and oxygen atoms in total. The highest BCUT2D eigenvalue weighted by atomic mass is 16.4. The number of hydrogen-bond acceptors (Lipinski definition) is 5. The first kappa shape index (κ1) is 9.65. The van der Waals surface area contributed by atoms with Gasteiger partial charge in [0.05, 0.1) is 6.07 Å². The van der Waals surface area contributed by atoms with E-state index < -0.39 is 11.3 Å². The second kappa shape index (κ2) is 3.21. The minimum Gasteiger partial charge on any atom is -0.507 e. The van der Waals surface area contributed by atoms with Crippen LogP contribution in [0.25, 0.3) is 21.9 Å². The predicted molar refractivity (Wildman–Crippen MR) is 60.2 cm³/mol. The molecule has 1 aromatic carbocycles. The van der Waals surface area contributed by atoms with Gasteiger partial charge in [-0.1, -0.05) is 0 Å². The molecule has 0 atom stereocenters. The number of aromatic hydroxyl groups is 1. The molecule has 0 spiro atoms. The van der Waals surface area contributed by atoms with Gasteiger partial charge < -0.3 is 13.9 Å². The number of hydrogen-bond donors (Lipinski definition) is 1. The minimum atomic E-state index is -0.660. The molecular weight excluding hydrogens is 224 g/mol. The average molecular weight is 230 g/mol. The highest BCUT2D eigenvalue weighted by Gasteiger charge is 2.10. The molecule has 3 rings (SSSR count). The summed E-state index contributed by atoms with van der Waals surface area (Å²) in [5, 5.41) is 10.6. The number of rotatable bonds is 0. The van der Waals surface area contributed by atoms with Crippen LogP contribution >= 0.6 is 0 Å². The van der Waals surface area contributed by atoms with E-state index in [0.29, 0.717) is 5.39 Å². The highest BCUT2D eigenvalue weighted by Crippen LogP contribution is 2.29. The van der Waals surface area contributed by atoms with Gasteiger partial charge >= 0.3 is 11.3 Å². The monoisotopic (exact) mass is 230 g/mol. The quantitative estimate of drug-likeness (QED) is 0.468. The van der Waals surface area contributed by atoms with Gasteiger partial charge in [0.25, 0.3) is 0 Å². The summed E-state index contributed by atoms with van der Waals surface area (Å²) < 4.78 is 9.93. The topological polar surface area (TPSA) is 80.6 Å². The van der Waals surface area contributed by atoms with Crippen LogP contribution in [-0.2, 0) is 0 Å². The van der Waals surface area contributed by atoms with Gasteiger partial charge in [0.2, 0.25) is 0 Å². The first-order valence-electron chi connectivity index (χ1n) is 4.85. The molecule has 0 saturated carbocycles. The molecule has 0 aliphatic rings. The lowest BCUT2D eigenvalue weighted by molar-refractivity contribution is 0.466. The summed E-state index contributed by atoms with van der Waals surface area (Å²) in [6.07, 6.45) is 0. The summed E-state index contributed by atoms with van der Waals surface area (Å²) in [5.74, 6) is -0.267. The molecule has 0 unspecified atom stereocenters. The Morgan fingerprint density at radius 3 is 2.53 bits per heavy atom. The molecule has 0 saturated heterocycles. The van der Waals surface area contributed by atoms with Gasteiger partial charge in [-0.05, 0) is 18.2 Å². The van der Waals surface area contributed by atoms with Crippen LogP contribution in [0.2, 0.25) is 0 Å². The van der Waals surface area contributed by atoms with Gasteiger partial charge in [-0.2, -0.15) is 0 Å². The van der Waals surface area contributed by atoms with Crippen LogP contribution in [0.3, 0.4) is 0 Å². The van der Waals surface area contributed by atoms with Crippen molar-refractivity contribution in [2.24, 2.45) is 0 Å². The molecule has 2 heterocycles. The second-order valence-electron chi connectivity index (χ2n) is 3.56. The van der Waals surface area contributed by atoms with Gasteiger partial charge in [-0.3, -0.25) is 0 Å².